The summed E-state index contributed by atoms with van der Waals surface area (Å²) in [5.74, 6) is -6.08. The molecule has 230 valence electrons. The quantitative estimate of drug-likeness (QED) is 0.234. The number of halogens is 5. The smallest absolute Gasteiger partial charge is 0.461 e. The fourth-order valence-corrected chi connectivity index (χ4v) is 5.30. The number of hydrogen-bond donors (Lipinski definition) is 1. The molecule has 0 radical (unpaired) electrons. The molecule has 0 bridgehead atoms. The van der Waals surface area contributed by atoms with E-state index in [1.165, 1.54) is 7.11 Å². The first kappa shape index (κ1) is 30.4. The van der Waals surface area contributed by atoms with Gasteiger partial charge in [-0.15, -0.1) is 0 Å². The van der Waals surface area contributed by atoms with E-state index in [1.807, 2.05) is 12.1 Å². The molecular formula is C30H30F5N3O5. The van der Waals surface area contributed by atoms with Crippen molar-refractivity contribution in [1.82, 2.24) is 15.0 Å². The average Bonchev–Trinajstić information content (AvgIpc) is 3.82. The summed E-state index contributed by atoms with van der Waals surface area (Å²) in [6, 6.07) is 8.49. The van der Waals surface area contributed by atoms with Gasteiger partial charge < -0.3 is 19.3 Å². The lowest BCUT2D eigenvalue weighted by Crippen LogP contribution is -2.35. The van der Waals surface area contributed by atoms with Gasteiger partial charge in [0, 0.05) is 41.9 Å². The van der Waals surface area contributed by atoms with Gasteiger partial charge in [-0.1, -0.05) is 0 Å². The number of carboxylic acids is 1. The van der Waals surface area contributed by atoms with Crippen LogP contribution in [0.15, 0.2) is 48.9 Å². The molecule has 5 rings (SSSR count). The molecule has 43 heavy (non-hydrogen) atoms. The van der Waals surface area contributed by atoms with Crippen LogP contribution in [0.5, 0.6) is 17.4 Å². The maximum absolute atomic E-state index is 13.7. The summed E-state index contributed by atoms with van der Waals surface area (Å²) in [7, 11) is 1.47. The lowest BCUT2D eigenvalue weighted by atomic mass is 9.91. The highest BCUT2D eigenvalue weighted by Crippen LogP contribution is 2.45. The summed E-state index contributed by atoms with van der Waals surface area (Å²) in [5.41, 5.74) is 1.53. The van der Waals surface area contributed by atoms with Gasteiger partial charge >= 0.3 is 18.1 Å². The zero-order chi connectivity index (χ0) is 30.8. The Morgan fingerprint density at radius 2 is 1.58 bits per heavy atom. The van der Waals surface area contributed by atoms with Crippen molar-refractivity contribution in [3.05, 3.63) is 60.3 Å². The molecule has 0 amide bonds. The SMILES string of the molecule is COc1ccc(-c2cnc(C(F)(F)C(F)(F)F)nc2)c(O[C@H]2CC[C@H](Oc3cc(C(CC(=O)O)C4CC4)ccn3)CC2)c1. The topological polar surface area (TPSA) is 104 Å². The van der Waals surface area contributed by atoms with Crippen LogP contribution in [-0.2, 0) is 10.7 Å². The summed E-state index contributed by atoms with van der Waals surface area (Å²) >= 11 is 0. The Labute approximate surface area is 244 Å². The molecule has 2 aliphatic rings. The van der Waals surface area contributed by atoms with Crippen LogP contribution in [0, 0.1) is 5.92 Å². The van der Waals surface area contributed by atoms with Crippen LogP contribution >= 0.6 is 0 Å². The van der Waals surface area contributed by atoms with Crippen molar-refractivity contribution < 1.29 is 46.1 Å². The second-order valence-corrected chi connectivity index (χ2v) is 10.8. The van der Waals surface area contributed by atoms with Crippen LogP contribution in [0.3, 0.4) is 0 Å². The zero-order valence-corrected chi connectivity index (χ0v) is 23.2. The normalized spacial score (nSPS) is 19.9. The Kier molecular flexibility index (Phi) is 8.70. The maximum atomic E-state index is 13.7. The number of benzene rings is 1. The van der Waals surface area contributed by atoms with Gasteiger partial charge in [-0.3, -0.25) is 4.79 Å². The third-order valence-corrected chi connectivity index (χ3v) is 7.76. The van der Waals surface area contributed by atoms with Gasteiger partial charge in [-0.2, -0.15) is 22.0 Å². The molecule has 2 fully saturated rings. The number of carbonyl (C=O) groups is 1. The predicted octanol–water partition coefficient (Wildman–Crippen LogP) is 6.94. The molecule has 1 N–H and O–H groups in total. The first-order valence-corrected chi connectivity index (χ1v) is 13.9. The molecule has 1 unspecified atom stereocenters. The second-order valence-electron chi connectivity index (χ2n) is 10.8. The number of carboxylic acid groups (broad SMARTS) is 1. The fourth-order valence-electron chi connectivity index (χ4n) is 5.30. The van der Waals surface area contributed by atoms with Gasteiger partial charge in [0.25, 0.3) is 0 Å². The average molecular weight is 608 g/mol. The fraction of sp³-hybridized carbons (Fsp3) is 0.467. The summed E-state index contributed by atoms with van der Waals surface area (Å²) in [6.45, 7) is 0. The first-order valence-electron chi connectivity index (χ1n) is 13.9. The van der Waals surface area contributed by atoms with Crippen LogP contribution in [-0.4, -0.2) is 51.5 Å². The molecular weight excluding hydrogens is 577 g/mol. The number of nitrogens with zero attached hydrogens (tertiary/aromatic N) is 3. The molecule has 0 aliphatic heterocycles. The number of hydrogen-bond acceptors (Lipinski definition) is 7. The van der Waals surface area contributed by atoms with E-state index in [-0.39, 0.29) is 30.1 Å². The van der Waals surface area contributed by atoms with Gasteiger partial charge in [-0.25, -0.2) is 15.0 Å². The third kappa shape index (κ3) is 7.14. The van der Waals surface area contributed by atoms with Crippen LogP contribution in [0.1, 0.15) is 62.3 Å². The number of rotatable bonds is 11. The zero-order valence-electron chi connectivity index (χ0n) is 23.2. The van der Waals surface area contributed by atoms with Crippen LogP contribution < -0.4 is 14.2 Å². The van der Waals surface area contributed by atoms with Gasteiger partial charge in [0.15, 0.2) is 0 Å². The molecule has 0 spiro atoms. The van der Waals surface area contributed by atoms with Crippen molar-refractivity contribution in [1.29, 1.82) is 0 Å². The molecule has 0 saturated heterocycles. The second kappa shape index (κ2) is 12.3. The van der Waals surface area contributed by atoms with Crippen molar-refractivity contribution in [3.8, 4) is 28.5 Å². The van der Waals surface area contributed by atoms with Gasteiger partial charge in [0.1, 0.15) is 17.6 Å². The predicted molar refractivity (Wildman–Crippen MR) is 143 cm³/mol. The van der Waals surface area contributed by atoms with E-state index in [2.05, 4.69) is 15.0 Å². The molecule has 3 aromatic rings. The summed E-state index contributed by atoms with van der Waals surface area (Å²) < 4.78 is 83.2. The van der Waals surface area contributed by atoms with E-state index in [9.17, 15) is 31.9 Å². The van der Waals surface area contributed by atoms with Gasteiger partial charge in [0.05, 0.1) is 19.6 Å². The molecule has 2 saturated carbocycles. The van der Waals surface area contributed by atoms with Crippen molar-refractivity contribution in [2.75, 3.05) is 7.11 Å². The number of ether oxygens (including phenoxy) is 3. The number of aromatic nitrogens is 3. The van der Waals surface area contributed by atoms with Crippen LogP contribution in [0.25, 0.3) is 11.1 Å². The summed E-state index contributed by atoms with van der Waals surface area (Å²) in [4.78, 5) is 22.3. The highest BCUT2D eigenvalue weighted by molar-refractivity contribution is 5.70. The van der Waals surface area contributed by atoms with Crippen LogP contribution in [0.4, 0.5) is 22.0 Å². The highest BCUT2D eigenvalue weighted by Gasteiger charge is 2.61. The molecule has 2 heterocycles. The lowest BCUT2D eigenvalue weighted by molar-refractivity contribution is -0.292. The van der Waals surface area contributed by atoms with E-state index >= 15 is 0 Å². The van der Waals surface area contributed by atoms with E-state index in [0.29, 0.717) is 54.5 Å². The van der Waals surface area contributed by atoms with E-state index in [1.54, 1.807) is 24.4 Å². The Hall–Kier alpha value is -4.03. The lowest BCUT2D eigenvalue weighted by Gasteiger charge is -2.30. The van der Waals surface area contributed by atoms with Crippen molar-refractivity contribution >= 4 is 5.97 Å². The first-order chi connectivity index (χ1) is 20.4. The third-order valence-electron chi connectivity index (χ3n) is 7.76. The Balaban J connectivity index is 1.24. The van der Waals surface area contributed by atoms with E-state index in [4.69, 9.17) is 14.2 Å². The Morgan fingerprint density at radius 1 is 0.930 bits per heavy atom. The Morgan fingerprint density at radius 3 is 2.16 bits per heavy atom. The van der Waals surface area contributed by atoms with Crippen molar-refractivity contribution in [3.63, 3.8) is 0 Å². The van der Waals surface area contributed by atoms with Gasteiger partial charge in [-0.05, 0) is 74.1 Å². The standard InChI is InChI=1S/C30H30F5N3O5/c1-41-22-8-9-23(19-15-37-28(38-16-19)29(31,32)30(33,34)35)25(13-22)42-20-4-6-21(7-5-20)43-26-12-18(10-11-36-26)24(14-27(39)40)17-2-3-17/h8-13,15-17,20-21,24H,2-7,14H2,1H3,(H,39,40)/t20-,21-,24?. The van der Waals surface area contributed by atoms with Crippen LogP contribution in [0.2, 0.25) is 0 Å². The summed E-state index contributed by atoms with van der Waals surface area (Å²) in [5, 5.41) is 9.32. The highest BCUT2D eigenvalue weighted by atomic mass is 19.4. The maximum Gasteiger partial charge on any atom is 0.461 e. The van der Waals surface area contributed by atoms with E-state index in [0.717, 1.165) is 30.8 Å². The molecule has 13 heteroatoms. The number of pyridine rings is 1. The van der Waals surface area contributed by atoms with E-state index < -0.39 is 23.9 Å². The Bertz CT molecular complexity index is 1420. The minimum atomic E-state index is -5.82. The van der Waals surface area contributed by atoms with Gasteiger partial charge in [0.2, 0.25) is 11.7 Å². The number of methoxy groups -OCH3 is 1. The monoisotopic (exact) mass is 607 g/mol. The number of alkyl halides is 5. The number of aliphatic carboxylic acids is 1. The molecule has 8 nitrogen and oxygen atoms in total. The summed E-state index contributed by atoms with van der Waals surface area (Å²) in [6.07, 6.45) is 1.95. The largest absolute Gasteiger partial charge is 0.497 e. The van der Waals surface area contributed by atoms with Crippen molar-refractivity contribution in [2.24, 2.45) is 5.92 Å². The molecule has 2 aromatic heterocycles. The molecule has 1 atom stereocenters. The molecule has 1 aromatic carbocycles. The minimum Gasteiger partial charge on any atom is -0.497 e. The minimum absolute atomic E-state index is 0.0632. The van der Waals surface area contributed by atoms with Crippen molar-refractivity contribution in [2.45, 2.75) is 75.2 Å². The molecule has 2 aliphatic carbocycles.